The zero-order chi connectivity index (χ0) is 9.57. The second-order valence-corrected chi connectivity index (χ2v) is 5.80. The summed E-state index contributed by atoms with van der Waals surface area (Å²) >= 11 is 2.54. The minimum Gasteiger partial charge on any atom is -0.317 e. The van der Waals surface area contributed by atoms with Crippen LogP contribution in [0.15, 0.2) is 11.1 Å². The topological polar surface area (TPSA) is 26.0 Å². The summed E-state index contributed by atoms with van der Waals surface area (Å²) in [5.41, 5.74) is 9.10. The van der Waals surface area contributed by atoms with Gasteiger partial charge in [0.25, 0.3) is 0 Å². The average Bonchev–Trinajstić information content (AvgIpc) is 2.57. The summed E-state index contributed by atoms with van der Waals surface area (Å²) in [5.74, 6) is 0. The molecular formula is C10H18IN. The van der Waals surface area contributed by atoms with Gasteiger partial charge < -0.3 is 5.73 Å². The molecule has 0 saturated heterocycles. The summed E-state index contributed by atoms with van der Waals surface area (Å²) in [7, 11) is 0. The van der Waals surface area contributed by atoms with Gasteiger partial charge >= 0.3 is 0 Å². The maximum Gasteiger partial charge on any atom is 0.0733 e. The molecule has 0 aromatic rings. The smallest absolute Gasteiger partial charge is 0.0733 e. The van der Waals surface area contributed by atoms with Gasteiger partial charge in [-0.2, -0.15) is 0 Å². The lowest BCUT2D eigenvalue weighted by Crippen LogP contribution is -2.48. The Morgan fingerprint density at radius 3 is 1.67 bits per heavy atom. The zero-order valence-corrected chi connectivity index (χ0v) is 10.5. The molecule has 0 bridgehead atoms. The molecule has 1 rings (SSSR count). The largest absolute Gasteiger partial charge is 0.317 e. The Labute approximate surface area is 88.9 Å². The Balaban J connectivity index is 2.85. The fourth-order valence-corrected chi connectivity index (χ4v) is 2.88. The Morgan fingerprint density at radius 1 is 1.25 bits per heavy atom. The number of alkyl halides is 1. The van der Waals surface area contributed by atoms with E-state index in [1.807, 2.05) is 0 Å². The summed E-state index contributed by atoms with van der Waals surface area (Å²) in [6, 6.07) is 0. The van der Waals surface area contributed by atoms with E-state index >= 15 is 0 Å². The van der Waals surface area contributed by atoms with Crippen LogP contribution < -0.4 is 5.73 Å². The minimum atomic E-state index is -0.0585. The van der Waals surface area contributed by atoms with Crippen molar-refractivity contribution >= 4 is 22.6 Å². The minimum absolute atomic E-state index is 0.0585. The molecule has 0 heterocycles. The molecule has 12 heavy (non-hydrogen) atoms. The second kappa shape index (κ2) is 2.98. The average molecular weight is 279 g/mol. The molecule has 1 aliphatic carbocycles. The molecule has 0 radical (unpaired) electrons. The molecule has 2 heteroatoms. The van der Waals surface area contributed by atoms with E-state index < -0.39 is 0 Å². The first-order valence-corrected chi connectivity index (χ1v) is 5.68. The Hall–Kier alpha value is 0.430. The van der Waals surface area contributed by atoms with Crippen molar-refractivity contribution in [1.82, 2.24) is 0 Å². The Morgan fingerprint density at radius 2 is 1.58 bits per heavy atom. The van der Waals surface area contributed by atoms with Gasteiger partial charge in [-0.15, -0.1) is 0 Å². The molecule has 70 valence electrons. The molecule has 0 aromatic carbocycles. The SMILES string of the molecule is CCC(I)(CC)C1(N)C(C)=C1C. The molecule has 0 aromatic heterocycles. The van der Waals surface area contributed by atoms with Gasteiger partial charge in [0.05, 0.1) is 5.54 Å². The van der Waals surface area contributed by atoms with Crippen LogP contribution in [0.3, 0.4) is 0 Å². The first-order chi connectivity index (χ1) is 5.44. The van der Waals surface area contributed by atoms with Crippen molar-refractivity contribution < 1.29 is 0 Å². The molecule has 1 aliphatic rings. The number of hydrogen-bond donors (Lipinski definition) is 1. The third-order valence-electron chi connectivity index (χ3n) is 3.51. The fourth-order valence-electron chi connectivity index (χ4n) is 2.07. The van der Waals surface area contributed by atoms with E-state index in [2.05, 4.69) is 50.3 Å². The van der Waals surface area contributed by atoms with Gasteiger partial charge in [0.15, 0.2) is 0 Å². The summed E-state index contributed by atoms with van der Waals surface area (Å²) in [6.45, 7) is 8.77. The third kappa shape index (κ3) is 1.07. The summed E-state index contributed by atoms with van der Waals surface area (Å²) in [4.78, 5) is 0. The highest BCUT2D eigenvalue weighted by Gasteiger charge is 2.56. The fraction of sp³-hybridized carbons (Fsp3) is 0.800. The normalized spacial score (nSPS) is 21.5. The van der Waals surface area contributed by atoms with Gasteiger partial charge in [-0.05, 0) is 37.8 Å². The molecule has 0 saturated carbocycles. The van der Waals surface area contributed by atoms with Crippen LogP contribution in [-0.4, -0.2) is 8.96 Å². The van der Waals surface area contributed by atoms with Crippen LogP contribution >= 0.6 is 22.6 Å². The third-order valence-corrected chi connectivity index (χ3v) is 5.89. The van der Waals surface area contributed by atoms with E-state index in [9.17, 15) is 0 Å². The lowest BCUT2D eigenvalue weighted by molar-refractivity contribution is 0.463. The van der Waals surface area contributed by atoms with Crippen molar-refractivity contribution in [3.8, 4) is 0 Å². The Kier molecular flexibility index (Phi) is 2.61. The molecule has 0 atom stereocenters. The summed E-state index contributed by atoms with van der Waals surface area (Å²) in [6.07, 6.45) is 2.30. The van der Waals surface area contributed by atoms with Crippen molar-refractivity contribution in [1.29, 1.82) is 0 Å². The Bertz CT molecular complexity index is 212. The van der Waals surface area contributed by atoms with E-state index in [0.29, 0.717) is 0 Å². The molecule has 0 amide bonds. The van der Waals surface area contributed by atoms with E-state index in [0.717, 1.165) is 12.8 Å². The molecule has 0 spiro atoms. The van der Waals surface area contributed by atoms with E-state index in [1.165, 1.54) is 11.1 Å². The monoisotopic (exact) mass is 279 g/mol. The highest BCUT2D eigenvalue weighted by molar-refractivity contribution is 14.1. The van der Waals surface area contributed by atoms with Crippen molar-refractivity contribution in [2.75, 3.05) is 0 Å². The van der Waals surface area contributed by atoms with Crippen molar-refractivity contribution in [3.05, 3.63) is 11.1 Å². The van der Waals surface area contributed by atoms with Crippen LogP contribution in [0, 0.1) is 0 Å². The number of nitrogens with two attached hydrogens (primary N) is 1. The van der Waals surface area contributed by atoms with Gasteiger partial charge in [-0.1, -0.05) is 36.4 Å². The summed E-state index contributed by atoms with van der Waals surface area (Å²) < 4.78 is 0.249. The van der Waals surface area contributed by atoms with Crippen LogP contribution in [0.4, 0.5) is 0 Å². The first kappa shape index (κ1) is 10.5. The van der Waals surface area contributed by atoms with Crippen LogP contribution in [0.1, 0.15) is 40.5 Å². The highest BCUT2D eigenvalue weighted by Crippen LogP contribution is 2.55. The molecule has 0 fully saturated rings. The molecular weight excluding hydrogens is 261 g/mol. The lowest BCUT2D eigenvalue weighted by atomic mass is 9.87. The van der Waals surface area contributed by atoms with Crippen LogP contribution in [0.2, 0.25) is 0 Å². The highest BCUT2D eigenvalue weighted by atomic mass is 127. The number of rotatable bonds is 3. The molecule has 0 unspecified atom stereocenters. The van der Waals surface area contributed by atoms with Crippen LogP contribution in [0.5, 0.6) is 0 Å². The maximum absolute atomic E-state index is 6.35. The van der Waals surface area contributed by atoms with E-state index in [-0.39, 0.29) is 8.96 Å². The standard InChI is InChI=1S/C10H18IN/c1-5-9(11,6-2)10(12)7(3)8(10)4/h5-6,12H2,1-4H3. The van der Waals surface area contributed by atoms with Gasteiger partial charge in [0.2, 0.25) is 0 Å². The lowest BCUT2D eigenvalue weighted by Gasteiger charge is -2.34. The van der Waals surface area contributed by atoms with Gasteiger partial charge in [-0.3, -0.25) is 0 Å². The molecule has 1 nitrogen and oxygen atoms in total. The quantitative estimate of drug-likeness (QED) is 0.479. The van der Waals surface area contributed by atoms with Crippen LogP contribution in [-0.2, 0) is 0 Å². The number of halogens is 1. The molecule has 0 aliphatic heterocycles. The molecule has 2 N–H and O–H groups in total. The van der Waals surface area contributed by atoms with Gasteiger partial charge in [0.1, 0.15) is 0 Å². The first-order valence-electron chi connectivity index (χ1n) is 4.60. The van der Waals surface area contributed by atoms with E-state index in [1.54, 1.807) is 0 Å². The van der Waals surface area contributed by atoms with E-state index in [4.69, 9.17) is 5.73 Å². The summed E-state index contributed by atoms with van der Waals surface area (Å²) in [5, 5.41) is 0. The zero-order valence-electron chi connectivity index (χ0n) is 8.37. The second-order valence-electron chi connectivity index (χ2n) is 3.73. The van der Waals surface area contributed by atoms with Crippen molar-refractivity contribution in [2.45, 2.75) is 49.5 Å². The van der Waals surface area contributed by atoms with Gasteiger partial charge in [0, 0.05) is 3.42 Å². The van der Waals surface area contributed by atoms with Crippen molar-refractivity contribution in [3.63, 3.8) is 0 Å². The predicted molar refractivity (Wildman–Crippen MR) is 62.6 cm³/mol. The predicted octanol–water partition coefficient (Wildman–Crippen LogP) is 3.03. The van der Waals surface area contributed by atoms with Crippen LogP contribution in [0.25, 0.3) is 0 Å². The van der Waals surface area contributed by atoms with Crippen molar-refractivity contribution in [2.24, 2.45) is 5.73 Å². The van der Waals surface area contributed by atoms with Gasteiger partial charge in [-0.25, -0.2) is 0 Å². The number of hydrogen-bond acceptors (Lipinski definition) is 1. The maximum atomic E-state index is 6.35.